The number of aryl methyl sites for hydroxylation is 1. The van der Waals surface area contributed by atoms with Crippen molar-refractivity contribution in [2.75, 3.05) is 0 Å². The smallest absolute Gasteiger partial charge is 0.304 e. The van der Waals surface area contributed by atoms with Gasteiger partial charge in [-0.2, -0.15) is 0 Å². The molecule has 6 nitrogen and oxygen atoms in total. The first-order valence-corrected chi connectivity index (χ1v) is 8.45. The van der Waals surface area contributed by atoms with Crippen molar-refractivity contribution in [1.29, 1.82) is 0 Å². The Kier molecular flexibility index (Phi) is 4.05. The van der Waals surface area contributed by atoms with Crippen LogP contribution in [0.15, 0.2) is 53.5 Å². The molecule has 0 fully saturated rings. The van der Waals surface area contributed by atoms with Gasteiger partial charge in [-0.3, -0.25) is 9.36 Å². The summed E-state index contributed by atoms with van der Waals surface area (Å²) in [5.74, 6) is 0.680. The molecule has 2 heterocycles. The Bertz CT molecular complexity index is 1030. The normalized spacial score (nSPS) is 15.5. The van der Waals surface area contributed by atoms with Crippen LogP contribution in [-0.4, -0.2) is 26.4 Å². The third-order valence-corrected chi connectivity index (χ3v) is 4.33. The summed E-state index contributed by atoms with van der Waals surface area (Å²) in [7, 11) is 0. The third-order valence-electron chi connectivity index (χ3n) is 4.10. The number of hydrogen-bond acceptors (Lipinski definition) is 5. The highest BCUT2D eigenvalue weighted by Crippen LogP contribution is 2.32. The predicted octanol–water partition coefficient (Wildman–Crippen LogP) is 3.64. The Morgan fingerprint density at radius 1 is 1.15 bits per heavy atom. The van der Waals surface area contributed by atoms with Crippen molar-refractivity contribution in [2.45, 2.75) is 20.1 Å². The van der Waals surface area contributed by atoms with Gasteiger partial charge in [-0.25, -0.2) is 4.99 Å². The number of halogens is 1. The van der Waals surface area contributed by atoms with Gasteiger partial charge in [0, 0.05) is 23.1 Å². The molecule has 0 aliphatic carbocycles. The molecule has 0 unspecified atom stereocenters. The van der Waals surface area contributed by atoms with Crippen molar-refractivity contribution in [3.8, 4) is 5.69 Å². The van der Waals surface area contributed by atoms with Gasteiger partial charge in [-0.15, -0.1) is 10.2 Å². The topological polar surface area (TPSA) is 69.4 Å². The van der Waals surface area contributed by atoms with Gasteiger partial charge >= 0.3 is 5.97 Å². The average molecular weight is 367 g/mol. The lowest BCUT2D eigenvalue weighted by molar-refractivity contribution is -0.146. The highest BCUT2D eigenvalue weighted by molar-refractivity contribution is 6.31. The standard InChI is InChI=1S/C19H15ClN4O2/c1-11-22-23-18-19(26-12(2)25)21-17(13-6-4-3-5-7-13)15-10-14(20)8-9-16(15)24(11)18/h3-10,19H,1-2H3/t19-/m0/s1. The monoisotopic (exact) mass is 366 g/mol. The summed E-state index contributed by atoms with van der Waals surface area (Å²) in [4.78, 5) is 16.4. The largest absolute Gasteiger partial charge is 0.432 e. The van der Waals surface area contributed by atoms with Crippen LogP contribution in [0.1, 0.15) is 35.9 Å². The van der Waals surface area contributed by atoms with E-state index in [1.165, 1.54) is 6.92 Å². The van der Waals surface area contributed by atoms with E-state index < -0.39 is 12.2 Å². The molecule has 26 heavy (non-hydrogen) atoms. The third kappa shape index (κ3) is 2.78. The first kappa shape index (κ1) is 16.5. The summed E-state index contributed by atoms with van der Waals surface area (Å²) >= 11 is 6.26. The molecular weight excluding hydrogens is 352 g/mol. The minimum Gasteiger partial charge on any atom is -0.432 e. The average Bonchev–Trinajstić information content (AvgIpc) is 2.94. The molecule has 2 aromatic carbocycles. The van der Waals surface area contributed by atoms with E-state index in [4.69, 9.17) is 21.3 Å². The number of aliphatic imine (C=N–C) groups is 1. The van der Waals surface area contributed by atoms with Gasteiger partial charge in [0.25, 0.3) is 6.23 Å². The molecule has 0 bridgehead atoms. The van der Waals surface area contributed by atoms with Gasteiger partial charge in [-0.1, -0.05) is 41.9 Å². The van der Waals surface area contributed by atoms with E-state index in [1.807, 2.05) is 54.0 Å². The van der Waals surface area contributed by atoms with E-state index in [2.05, 4.69) is 10.2 Å². The molecule has 3 aromatic rings. The number of benzene rings is 2. The molecule has 0 N–H and O–H groups in total. The second-order valence-corrected chi connectivity index (χ2v) is 6.34. The summed E-state index contributed by atoms with van der Waals surface area (Å²) in [6.45, 7) is 3.19. The van der Waals surface area contributed by atoms with E-state index >= 15 is 0 Å². The Morgan fingerprint density at radius 2 is 1.92 bits per heavy atom. The van der Waals surface area contributed by atoms with Crippen molar-refractivity contribution in [2.24, 2.45) is 4.99 Å². The van der Waals surface area contributed by atoms with Crippen LogP contribution in [0.2, 0.25) is 5.02 Å². The maximum Gasteiger partial charge on any atom is 0.304 e. The fourth-order valence-electron chi connectivity index (χ4n) is 3.04. The summed E-state index contributed by atoms with van der Waals surface area (Å²) in [5, 5.41) is 8.92. The van der Waals surface area contributed by atoms with Crippen LogP contribution in [0, 0.1) is 6.92 Å². The SMILES string of the molecule is CC(=O)O[C@@H]1N=C(c2ccccc2)c2cc(Cl)ccc2-n2c(C)nnc21. The summed E-state index contributed by atoms with van der Waals surface area (Å²) in [6, 6.07) is 15.2. The lowest BCUT2D eigenvalue weighted by Crippen LogP contribution is -2.12. The molecule has 0 spiro atoms. The fourth-order valence-corrected chi connectivity index (χ4v) is 3.21. The number of rotatable bonds is 2. The predicted molar refractivity (Wildman–Crippen MR) is 97.7 cm³/mol. The molecule has 7 heteroatoms. The molecule has 0 saturated heterocycles. The number of ether oxygens (including phenoxy) is 1. The summed E-state index contributed by atoms with van der Waals surface area (Å²) in [5.41, 5.74) is 3.23. The molecule has 0 radical (unpaired) electrons. The number of aromatic nitrogens is 3. The Labute approximate surface area is 155 Å². The van der Waals surface area contributed by atoms with Crippen molar-refractivity contribution in [1.82, 2.24) is 14.8 Å². The Morgan fingerprint density at radius 3 is 2.65 bits per heavy atom. The van der Waals surface area contributed by atoms with E-state index in [-0.39, 0.29) is 0 Å². The lowest BCUT2D eigenvalue weighted by Gasteiger charge is -2.12. The van der Waals surface area contributed by atoms with Crippen LogP contribution in [0.5, 0.6) is 0 Å². The molecule has 4 rings (SSSR count). The quantitative estimate of drug-likeness (QED) is 0.649. The zero-order valence-corrected chi connectivity index (χ0v) is 14.9. The second-order valence-electron chi connectivity index (χ2n) is 5.91. The Balaban J connectivity index is 2.04. The highest BCUT2D eigenvalue weighted by Gasteiger charge is 2.29. The van der Waals surface area contributed by atoms with E-state index in [0.717, 1.165) is 16.8 Å². The van der Waals surface area contributed by atoms with Crippen LogP contribution >= 0.6 is 11.6 Å². The number of fused-ring (bicyclic) bond motifs is 3. The summed E-state index contributed by atoms with van der Waals surface area (Å²) in [6.07, 6.45) is -0.893. The molecule has 1 aromatic heterocycles. The minimum absolute atomic E-state index is 0.442. The van der Waals surface area contributed by atoms with Gasteiger partial charge in [0.05, 0.1) is 11.4 Å². The second kappa shape index (κ2) is 6.38. The number of hydrogen-bond donors (Lipinski definition) is 0. The number of esters is 1. The fraction of sp³-hybridized carbons (Fsp3) is 0.158. The van der Waals surface area contributed by atoms with Gasteiger partial charge in [-0.05, 0) is 25.1 Å². The van der Waals surface area contributed by atoms with Crippen LogP contribution < -0.4 is 0 Å². The molecule has 0 saturated carbocycles. The molecule has 1 atom stereocenters. The number of carbonyl (C=O) groups excluding carboxylic acids is 1. The van der Waals surface area contributed by atoms with Crippen LogP contribution in [-0.2, 0) is 9.53 Å². The van der Waals surface area contributed by atoms with E-state index in [9.17, 15) is 4.79 Å². The number of nitrogens with zero attached hydrogens (tertiary/aromatic N) is 4. The number of carbonyl (C=O) groups is 1. The first-order valence-electron chi connectivity index (χ1n) is 8.07. The van der Waals surface area contributed by atoms with Crippen molar-refractivity contribution in [3.05, 3.63) is 76.3 Å². The van der Waals surface area contributed by atoms with Gasteiger partial charge in [0.2, 0.25) is 5.82 Å². The molecule has 130 valence electrons. The van der Waals surface area contributed by atoms with Gasteiger partial charge in [0.1, 0.15) is 5.82 Å². The van der Waals surface area contributed by atoms with Crippen molar-refractivity contribution >= 4 is 23.3 Å². The zero-order chi connectivity index (χ0) is 18.3. The molecule has 1 aliphatic heterocycles. The van der Waals surface area contributed by atoms with E-state index in [0.29, 0.717) is 22.4 Å². The zero-order valence-electron chi connectivity index (χ0n) is 14.2. The van der Waals surface area contributed by atoms with Crippen LogP contribution in [0.4, 0.5) is 0 Å². The molecule has 1 aliphatic rings. The maximum absolute atomic E-state index is 11.6. The maximum atomic E-state index is 11.6. The molecule has 0 amide bonds. The van der Waals surface area contributed by atoms with Crippen molar-refractivity contribution < 1.29 is 9.53 Å². The Hall–Kier alpha value is -2.99. The van der Waals surface area contributed by atoms with Crippen LogP contribution in [0.25, 0.3) is 5.69 Å². The van der Waals surface area contributed by atoms with Crippen molar-refractivity contribution in [3.63, 3.8) is 0 Å². The summed E-state index contributed by atoms with van der Waals surface area (Å²) < 4.78 is 7.29. The van der Waals surface area contributed by atoms with Gasteiger partial charge in [0.15, 0.2) is 0 Å². The lowest BCUT2D eigenvalue weighted by atomic mass is 10.0. The van der Waals surface area contributed by atoms with Crippen LogP contribution in [0.3, 0.4) is 0 Å². The minimum atomic E-state index is -0.893. The first-order chi connectivity index (χ1) is 12.5. The highest BCUT2D eigenvalue weighted by atomic mass is 35.5. The van der Waals surface area contributed by atoms with E-state index in [1.54, 1.807) is 6.07 Å². The van der Waals surface area contributed by atoms with Gasteiger partial charge < -0.3 is 4.74 Å². The molecular formula is C19H15ClN4O2.